The van der Waals surface area contributed by atoms with E-state index in [0.29, 0.717) is 6.61 Å². The molecule has 1 heterocycles. The molecule has 0 atom stereocenters. The highest BCUT2D eigenvalue weighted by Gasteiger charge is 2.40. The summed E-state index contributed by atoms with van der Waals surface area (Å²) in [7, 11) is 0. The van der Waals surface area contributed by atoms with Gasteiger partial charge in [-0.25, -0.2) is 9.97 Å². The van der Waals surface area contributed by atoms with Crippen LogP contribution in [0.3, 0.4) is 0 Å². The number of nitrogens with zero attached hydrogens (tertiary/aromatic N) is 2. The summed E-state index contributed by atoms with van der Waals surface area (Å²) in [5, 5.41) is 3.34. The van der Waals surface area contributed by atoms with Gasteiger partial charge in [-0.1, -0.05) is 13.3 Å². The molecule has 1 fully saturated rings. The van der Waals surface area contributed by atoms with Crippen molar-refractivity contribution in [3.05, 3.63) is 16.0 Å². The van der Waals surface area contributed by atoms with E-state index in [1.165, 1.54) is 12.8 Å². The maximum atomic E-state index is 6.11. The van der Waals surface area contributed by atoms with Gasteiger partial charge in [-0.2, -0.15) is 0 Å². The summed E-state index contributed by atoms with van der Waals surface area (Å²) in [5.41, 5.74) is 0.812. The highest BCUT2D eigenvalue weighted by Crippen LogP contribution is 2.41. The monoisotopic (exact) mass is 355 g/mol. The first-order chi connectivity index (χ1) is 10.2. The summed E-state index contributed by atoms with van der Waals surface area (Å²) in [5.74, 6) is 1.77. The fourth-order valence-electron chi connectivity index (χ4n) is 3.04. The molecule has 0 amide bonds. The minimum atomic E-state index is -0.276. The summed E-state index contributed by atoms with van der Waals surface area (Å²) in [6, 6.07) is 0. The first-order valence-electron chi connectivity index (χ1n) is 8.11. The van der Waals surface area contributed by atoms with E-state index in [-0.39, 0.29) is 5.60 Å². The molecule has 0 unspecified atom stereocenters. The van der Waals surface area contributed by atoms with Crippen molar-refractivity contribution in [2.24, 2.45) is 0 Å². The molecule has 21 heavy (non-hydrogen) atoms. The van der Waals surface area contributed by atoms with E-state index < -0.39 is 0 Å². The highest BCUT2D eigenvalue weighted by molar-refractivity contribution is 9.10. The largest absolute Gasteiger partial charge is 0.369 e. The molecule has 0 spiro atoms. The zero-order chi connectivity index (χ0) is 15.3. The van der Waals surface area contributed by atoms with Crippen molar-refractivity contribution < 1.29 is 4.74 Å². The molecule has 5 heteroatoms. The minimum absolute atomic E-state index is 0.276. The van der Waals surface area contributed by atoms with Gasteiger partial charge in [-0.05, 0) is 61.9 Å². The number of anilines is 1. The van der Waals surface area contributed by atoms with Crippen molar-refractivity contribution in [3.63, 3.8) is 0 Å². The Kier molecular flexibility index (Phi) is 5.99. The van der Waals surface area contributed by atoms with Gasteiger partial charge in [0, 0.05) is 13.2 Å². The number of halogens is 1. The number of aromatic nitrogens is 2. The van der Waals surface area contributed by atoms with Gasteiger partial charge >= 0.3 is 0 Å². The summed E-state index contributed by atoms with van der Waals surface area (Å²) >= 11 is 3.65. The first-order valence-corrected chi connectivity index (χ1v) is 8.90. The summed E-state index contributed by atoms with van der Waals surface area (Å²) in [4.78, 5) is 9.64. The molecular weight excluding hydrogens is 330 g/mol. The predicted octanol–water partition coefficient (Wildman–Crippen LogP) is 4.43. The van der Waals surface area contributed by atoms with E-state index in [2.05, 4.69) is 42.0 Å². The molecule has 0 aliphatic heterocycles. The van der Waals surface area contributed by atoms with Gasteiger partial charge in [-0.15, -0.1) is 0 Å². The van der Waals surface area contributed by atoms with Crippen LogP contribution in [0, 0.1) is 0 Å². The fraction of sp³-hybridized carbons (Fsp3) is 0.750. The lowest BCUT2D eigenvalue weighted by molar-refractivity contribution is -0.0457. The van der Waals surface area contributed by atoms with Gasteiger partial charge in [0.05, 0.1) is 10.2 Å². The van der Waals surface area contributed by atoms with E-state index in [0.717, 1.165) is 54.0 Å². The normalized spacial score (nSPS) is 17.1. The number of ether oxygens (including phenoxy) is 1. The number of hydrogen-bond donors (Lipinski definition) is 1. The Labute approximate surface area is 136 Å². The Bertz CT molecular complexity index is 446. The molecular formula is C16H26BrN3O. The van der Waals surface area contributed by atoms with E-state index in [1.807, 2.05) is 0 Å². The molecule has 4 nitrogen and oxygen atoms in total. The first kappa shape index (κ1) is 16.7. The smallest absolute Gasteiger partial charge is 0.162 e. The van der Waals surface area contributed by atoms with Crippen LogP contribution in [0.1, 0.15) is 64.4 Å². The third-order valence-corrected chi connectivity index (χ3v) is 4.82. The van der Waals surface area contributed by atoms with Gasteiger partial charge in [0.25, 0.3) is 0 Å². The van der Waals surface area contributed by atoms with Gasteiger partial charge in [-0.3, -0.25) is 0 Å². The van der Waals surface area contributed by atoms with Gasteiger partial charge in [0.15, 0.2) is 5.82 Å². The van der Waals surface area contributed by atoms with Crippen molar-refractivity contribution in [1.82, 2.24) is 9.97 Å². The van der Waals surface area contributed by atoms with E-state index in [4.69, 9.17) is 14.7 Å². The molecule has 1 aliphatic carbocycles. The van der Waals surface area contributed by atoms with Crippen LogP contribution in [-0.4, -0.2) is 23.1 Å². The average molecular weight is 356 g/mol. The Balaban J connectivity index is 2.46. The number of hydrogen-bond acceptors (Lipinski definition) is 4. The number of rotatable bonds is 7. The lowest BCUT2D eigenvalue weighted by Gasteiger charge is -2.28. The van der Waals surface area contributed by atoms with Crippen molar-refractivity contribution in [2.45, 2.75) is 64.9 Å². The molecule has 1 aromatic heterocycles. The van der Waals surface area contributed by atoms with Crippen molar-refractivity contribution in [3.8, 4) is 0 Å². The second kappa shape index (κ2) is 7.54. The Morgan fingerprint density at radius 2 is 1.90 bits per heavy atom. The molecule has 1 N–H and O–H groups in total. The maximum absolute atomic E-state index is 6.11. The Hall–Kier alpha value is -0.680. The van der Waals surface area contributed by atoms with Gasteiger partial charge < -0.3 is 10.1 Å². The third-order valence-electron chi connectivity index (χ3n) is 3.99. The topological polar surface area (TPSA) is 47.0 Å². The highest BCUT2D eigenvalue weighted by atomic mass is 79.9. The average Bonchev–Trinajstić information content (AvgIpc) is 2.94. The summed E-state index contributed by atoms with van der Waals surface area (Å²) in [6.07, 6.45) is 6.47. The van der Waals surface area contributed by atoms with Crippen LogP contribution >= 0.6 is 15.9 Å². The molecule has 1 aromatic rings. The quantitative estimate of drug-likeness (QED) is 0.785. The molecule has 0 saturated heterocycles. The number of nitrogens with one attached hydrogen (secondary N) is 1. The molecule has 0 bridgehead atoms. The molecule has 2 rings (SSSR count). The van der Waals surface area contributed by atoms with Crippen LogP contribution in [0.4, 0.5) is 5.82 Å². The molecule has 1 aliphatic rings. The van der Waals surface area contributed by atoms with Crippen LogP contribution in [0.5, 0.6) is 0 Å². The molecule has 118 valence electrons. The van der Waals surface area contributed by atoms with Gasteiger partial charge in [0.1, 0.15) is 11.4 Å². The van der Waals surface area contributed by atoms with Crippen LogP contribution in [0.15, 0.2) is 4.47 Å². The lowest BCUT2D eigenvalue weighted by Crippen LogP contribution is -2.30. The van der Waals surface area contributed by atoms with Gasteiger partial charge in [0.2, 0.25) is 0 Å². The van der Waals surface area contributed by atoms with Crippen LogP contribution in [0.25, 0.3) is 0 Å². The zero-order valence-electron chi connectivity index (χ0n) is 13.3. The second-order valence-corrected chi connectivity index (χ2v) is 6.36. The SMILES string of the molecule is CCCc1nc(C2(OCC)CCCC2)nc(NCC)c1Br. The van der Waals surface area contributed by atoms with Crippen LogP contribution in [-0.2, 0) is 16.8 Å². The van der Waals surface area contributed by atoms with Crippen LogP contribution < -0.4 is 5.32 Å². The van der Waals surface area contributed by atoms with Crippen molar-refractivity contribution >= 4 is 21.7 Å². The van der Waals surface area contributed by atoms with E-state index >= 15 is 0 Å². The van der Waals surface area contributed by atoms with E-state index in [1.54, 1.807) is 0 Å². The molecule has 0 radical (unpaired) electrons. The predicted molar refractivity (Wildman–Crippen MR) is 89.7 cm³/mol. The van der Waals surface area contributed by atoms with Crippen LogP contribution in [0.2, 0.25) is 0 Å². The Morgan fingerprint density at radius 3 is 2.48 bits per heavy atom. The standard InChI is InChI=1S/C16H26BrN3O/c1-4-9-12-13(17)14(18-5-2)20-15(19-12)16(21-6-3)10-7-8-11-16/h4-11H2,1-3H3,(H,18,19,20). The van der Waals surface area contributed by atoms with Crippen molar-refractivity contribution in [2.75, 3.05) is 18.5 Å². The molecule has 1 saturated carbocycles. The maximum Gasteiger partial charge on any atom is 0.162 e. The zero-order valence-corrected chi connectivity index (χ0v) is 14.9. The molecule has 0 aromatic carbocycles. The van der Waals surface area contributed by atoms with Crippen molar-refractivity contribution in [1.29, 1.82) is 0 Å². The second-order valence-electron chi connectivity index (χ2n) is 5.57. The Morgan fingerprint density at radius 1 is 1.19 bits per heavy atom. The lowest BCUT2D eigenvalue weighted by atomic mass is 10.0. The summed E-state index contributed by atoms with van der Waals surface area (Å²) in [6.45, 7) is 7.87. The fourth-order valence-corrected chi connectivity index (χ4v) is 3.56. The third kappa shape index (κ3) is 3.57. The summed E-state index contributed by atoms with van der Waals surface area (Å²) < 4.78 is 7.11. The minimum Gasteiger partial charge on any atom is -0.369 e. The van der Waals surface area contributed by atoms with E-state index in [9.17, 15) is 0 Å². The number of aryl methyl sites for hydroxylation is 1.